The molecule has 2 rings (SSSR count). The zero-order valence-corrected chi connectivity index (χ0v) is 10.6. The van der Waals surface area contributed by atoms with Gasteiger partial charge >= 0.3 is 5.97 Å². The average Bonchev–Trinajstić information content (AvgIpc) is 3.00. The number of hydrogen-bond donors (Lipinski definition) is 0. The van der Waals surface area contributed by atoms with Crippen LogP contribution in [0.15, 0.2) is 12.5 Å². The van der Waals surface area contributed by atoms with Gasteiger partial charge in [0, 0.05) is 12.2 Å². The molecule has 4 heteroatoms. The third kappa shape index (κ3) is 2.68. The average molecular weight is 236 g/mol. The van der Waals surface area contributed by atoms with E-state index in [-0.39, 0.29) is 5.97 Å². The fourth-order valence-electron chi connectivity index (χ4n) is 2.55. The maximum Gasteiger partial charge on any atom is 0.358 e. The lowest BCUT2D eigenvalue weighted by Crippen LogP contribution is -2.12. The van der Waals surface area contributed by atoms with Crippen LogP contribution in [0.1, 0.15) is 56.1 Å². The molecule has 0 aromatic carbocycles. The Morgan fingerprint density at radius 2 is 2.29 bits per heavy atom. The van der Waals surface area contributed by atoms with Crippen molar-refractivity contribution in [3.63, 3.8) is 0 Å². The monoisotopic (exact) mass is 236 g/mol. The number of ether oxygens (including phenoxy) is 1. The van der Waals surface area contributed by atoms with Gasteiger partial charge in [-0.2, -0.15) is 0 Å². The first-order valence-corrected chi connectivity index (χ1v) is 6.43. The lowest BCUT2D eigenvalue weighted by Gasteiger charge is -2.19. The van der Waals surface area contributed by atoms with Gasteiger partial charge in [-0.3, -0.25) is 0 Å². The molecule has 1 heterocycles. The maximum atomic E-state index is 11.5. The van der Waals surface area contributed by atoms with Crippen LogP contribution in [0.3, 0.4) is 0 Å². The molecule has 0 spiro atoms. The minimum atomic E-state index is -0.329. The first kappa shape index (κ1) is 12.1. The zero-order valence-electron chi connectivity index (χ0n) is 10.6. The number of esters is 1. The number of imidazole rings is 1. The predicted molar refractivity (Wildman–Crippen MR) is 64.9 cm³/mol. The molecule has 1 aromatic rings. The van der Waals surface area contributed by atoms with Crippen LogP contribution in [0.25, 0.3) is 0 Å². The van der Waals surface area contributed by atoms with Crippen molar-refractivity contribution in [2.75, 3.05) is 6.61 Å². The summed E-state index contributed by atoms with van der Waals surface area (Å²) in [6, 6.07) is 0.424. The summed E-state index contributed by atoms with van der Waals surface area (Å²) in [5.41, 5.74) is 0.414. The van der Waals surface area contributed by atoms with Gasteiger partial charge in [-0.05, 0) is 32.6 Å². The van der Waals surface area contributed by atoms with E-state index in [4.69, 9.17) is 4.74 Å². The summed E-state index contributed by atoms with van der Waals surface area (Å²) in [5.74, 6) is 0.393. The van der Waals surface area contributed by atoms with Crippen LogP contribution in [0.2, 0.25) is 0 Å². The highest BCUT2D eigenvalue weighted by Gasteiger charge is 2.23. The van der Waals surface area contributed by atoms with E-state index in [9.17, 15) is 4.79 Å². The Bertz CT molecular complexity index is 381. The van der Waals surface area contributed by atoms with Crippen molar-refractivity contribution in [2.24, 2.45) is 5.92 Å². The molecule has 0 saturated heterocycles. The van der Waals surface area contributed by atoms with Gasteiger partial charge in [-0.15, -0.1) is 0 Å². The van der Waals surface area contributed by atoms with E-state index in [0.717, 1.165) is 5.92 Å². The molecule has 0 N–H and O–H groups in total. The van der Waals surface area contributed by atoms with Crippen molar-refractivity contribution in [2.45, 2.75) is 45.6 Å². The van der Waals surface area contributed by atoms with Gasteiger partial charge in [0.15, 0.2) is 5.69 Å². The molecule has 1 saturated carbocycles. The largest absolute Gasteiger partial charge is 0.461 e. The summed E-state index contributed by atoms with van der Waals surface area (Å²) in [6.07, 6.45) is 8.78. The Hall–Kier alpha value is -1.32. The van der Waals surface area contributed by atoms with E-state index in [1.54, 1.807) is 19.4 Å². The molecule has 4 nitrogen and oxygen atoms in total. The summed E-state index contributed by atoms with van der Waals surface area (Å²) >= 11 is 0. The molecule has 0 aliphatic heterocycles. The van der Waals surface area contributed by atoms with Crippen LogP contribution in [-0.4, -0.2) is 22.1 Å². The third-order valence-electron chi connectivity index (χ3n) is 3.64. The van der Waals surface area contributed by atoms with Crippen LogP contribution in [-0.2, 0) is 4.74 Å². The molecule has 1 aliphatic rings. The van der Waals surface area contributed by atoms with E-state index in [1.807, 2.05) is 4.57 Å². The molecular weight excluding hydrogens is 216 g/mol. The topological polar surface area (TPSA) is 44.1 Å². The molecule has 0 amide bonds. The van der Waals surface area contributed by atoms with Crippen molar-refractivity contribution in [1.82, 2.24) is 9.55 Å². The predicted octanol–water partition coefficient (Wildman–Crippen LogP) is 2.81. The molecule has 1 aliphatic carbocycles. The smallest absolute Gasteiger partial charge is 0.358 e. The minimum absolute atomic E-state index is 0.329. The van der Waals surface area contributed by atoms with Gasteiger partial charge in [0.25, 0.3) is 0 Å². The van der Waals surface area contributed by atoms with E-state index < -0.39 is 0 Å². The molecule has 1 aromatic heterocycles. The Morgan fingerprint density at radius 3 is 2.94 bits per heavy atom. The van der Waals surface area contributed by atoms with Crippen LogP contribution in [0.4, 0.5) is 0 Å². The Morgan fingerprint density at radius 1 is 1.59 bits per heavy atom. The Labute approximate surface area is 102 Å². The molecule has 94 valence electrons. The molecule has 17 heavy (non-hydrogen) atoms. The lowest BCUT2D eigenvalue weighted by atomic mass is 10.00. The van der Waals surface area contributed by atoms with E-state index in [0.29, 0.717) is 18.3 Å². The van der Waals surface area contributed by atoms with Crippen LogP contribution in [0.5, 0.6) is 0 Å². The van der Waals surface area contributed by atoms with Gasteiger partial charge in [0.1, 0.15) is 0 Å². The fraction of sp³-hybridized carbons (Fsp3) is 0.692. The quantitative estimate of drug-likeness (QED) is 0.755. The third-order valence-corrected chi connectivity index (χ3v) is 3.64. The molecular formula is C13H20N2O2. The summed E-state index contributed by atoms with van der Waals surface area (Å²) in [6.45, 7) is 4.40. The molecule has 0 radical (unpaired) electrons. The van der Waals surface area contributed by atoms with Gasteiger partial charge in [0.05, 0.1) is 12.9 Å². The first-order chi connectivity index (χ1) is 8.22. The van der Waals surface area contributed by atoms with Crippen molar-refractivity contribution < 1.29 is 9.53 Å². The second kappa shape index (κ2) is 5.34. The van der Waals surface area contributed by atoms with E-state index in [1.165, 1.54) is 25.7 Å². The molecule has 1 atom stereocenters. The highest BCUT2D eigenvalue weighted by atomic mass is 16.5. The maximum absolute atomic E-state index is 11.5. The van der Waals surface area contributed by atoms with E-state index >= 15 is 0 Å². The second-order valence-corrected chi connectivity index (χ2v) is 4.71. The van der Waals surface area contributed by atoms with Crippen molar-refractivity contribution >= 4 is 5.97 Å². The van der Waals surface area contributed by atoms with Crippen LogP contribution in [0, 0.1) is 5.92 Å². The summed E-state index contributed by atoms with van der Waals surface area (Å²) in [7, 11) is 0. The number of rotatable bonds is 4. The first-order valence-electron chi connectivity index (χ1n) is 6.43. The number of carbonyl (C=O) groups is 1. The highest BCUT2D eigenvalue weighted by molar-refractivity contribution is 5.86. The van der Waals surface area contributed by atoms with Gasteiger partial charge in [0.2, 0.25) is 0 Å². The van der Waals surface area contributed by atoms with Crippen LogP contribution >= 0.6 is 0 Å². The molecule has 0 bridgehead atoms. The summed E-state index contributed by atoms with van der Waals surface area (Å²) in [4.78, 5) is 15.6. The van der Waals surface area contributed by atoms with E-state index in [2.05, 4.69) is 11.9 Å². The van der Waals surface area contributed by atoms with Gasteiger partial charge in [-0.1, -0.05) is 12.8 Å². The van der Waals surface area contributed by atoms with Crippen LogP contribution < -0.4 is 0 Å². The SMILES string of the molecule is CCOC(=O)c1cn(C(C)C2CCCC2)cn1. The Kier molecular flexibility index (Phi) is 3.82. The summed E-state index contributed by atoms with van der Waals surface area (Å²) < 4.78 is 6.98. The zero-order chi connectivity index (χ0) is 12.3. The molecule has 1 fully saturated rings. The lowest BCUT2D eigenvalue weighted by molar-refractivity contribution is 0.0520. The molecule has 1 unspecified atom stereocenters. The Balaban J connectivity index is 2.04. The normalized spacial score (nSPS) is 18.2. The van der Waals surface area contributed by atoms with Gasteiger partial charge < -0.3 is 9.30 Å². The van der Waals surface area contributed by atoms with Crippen molar-refractivity contribution in [3.05, 3.63) is 18.2 Å². The number of carbonyl (C=O) groups excluding carboxylic acids is 1. The number of nitrogens with zero attached hydrogens (tertiary/aromatic N) is 2. The summed E-state index contributed by atoms with van der Waals surface area (Å²) in [5, 5.41) is 0. The van der Waals surface area contributed by atoms with Gasteiger partial charge in [-0.25, -0.2) is 9.78 Å². The highest BCUT2D eigenvalue weighted by Crippen LogP contribution is 2.33. The fourth-order valence-corrected chi connectivity index (χ4v) is 2.55. The van der Waals surface area contributed by atoms with Crippen molar-refractivity contribution in [1.29, 1.82) is 0 Å². The number of aromatic nitrogens is 2. The minimum Gasteiger partial charge on any atom is -0.461 e. The number of hydrogen-bond acceptors (Lipinski definition) is 3. The van der Waals surface area contributed by atoms with Crippen molar-refractivity contribution in [3.8, 4) is 0 Å². The standard InChI is InChI=1S/C13H20N2O2/c1-3-17-13(16)12-8-15(9-14-12)10(2)11-6-4-5-7-11/h8-11H,3-7H2,1-2H3. The second-order valence-electron chi connectivity index (χ2n) is 4.71.